The lowest BCUT2D eigenvalue weighted by molar-refractivity contribution is -0.129. The third-order valence-electron chi connectivity index (χ3n) is 4.03. The molecule has 108 valence electrons. The van der Waals surface area contributed by atoms with Crippen LogP contribution in [-0.4, -0.2) is 12.1 Å². The summed E-state index contributed by atoms with van der Waals surface area (Å²) in [5, 5.41) is 0. The van der Waals surface area contributed by atoms with Gasteiger partial charge in [-0.05, 0) is 24.0 Å². The Morgan fingerprint density at radius 3 is 2.10 bits per heavy atom. The molecule has 0 aromatic heterocycles. The summed E-state index contributed by atoms with van der Waals surface area (Å²) in [4.78, 5) is 24.4. The van der Waals surface area contributed by atoms with Crippen molar-refractivity contribution in [1.82, 2.24) is 0 Å². The normalized spacial score (nSPS) is 13.4. The Kier molecular flexibility index (Phi) is 5.04. The molecule has 1 atom stereocenters. The molecule has 2 rings (SSSR count). The van der Waals surface area contributed by atoms with Gasteiger partial charge in [-0.3, -0.25) is 4.79 Å². The predicted octanol–water partition coefficient (Wildman–Crippen LogP) is 3.74. The van der Waals surface area contributed by atoms with E-state index in [1.165, 1.54) is 0 Å². The number of rotatable bonds is 7. The molecule has 0 spiro atoms. The number of ketones is 1. The van der Waals surface area contributed by atoms with Gasteiger partial charge < -0.3 is 4.79 Å². The lowest BCUT2D eigenvalue weighted by Crippen LogP contribution is -2.37. The molecule has 0 aliphatic heterocycles. The van der Waals surface area contributed by atoms with Gasteiger partial charge in [-0.1, -0.05) is 67.6 Å². The minimum Gasteiger partial charge on any atom is -0.302 e. The SMILES string of the molecule is CCC(C=O)(C(=O)CCc1ccccc1)c1ccccc1. The molecule has 0 bridgehead atoms. The lowest BCUT2D eigenvalue weighted by atomic mass is 9.74. The lowest BCUT2D eigenvalue weighted by Gasteiger charge is -2.25. The second kappa shape index (κ2) is 6.98. The molecule has 0 amide bonds. The van der Waals surface area contributed by atoms with Crippen LogP contribution in [0, 0.1) is 0 Å². The number of aryl methyl sites for hydroxylation is 1. The number of carbonyl (C=O) groups is 2. The highest BCUT2D eigenvalue weighted by atomic mass is 16.1. The zero-order valence-electron chi connectivity index (χ0n) is 12.3. The molecular weight excluding hydrogens is 260 g/mol. The summed E-state index contributed by atoms with van der Waals surface area (Å²) in [5.41, 5.74) is 0.908. The van der Waals surface area contributed by atoms with Gasteiger partial charge in [-0.25, -0.2) is 0 Å². The van der Waals surface area contributed by atoms with Crippen molar-refractivity contribution < 1.29 is 9.59 Å². The molecule has 0 N–H and O–H groups in total. The molecule has 0 fully saturated rings. The quantitative estimate of drug-likeness (QED) is 0.572. The van der Waals surface area contributed by atoms with E-state index in [-0.39, 0.29) is 5.78 Å². The van der Waals surface area contributed by atoms with Gasteiger partial charge >= 0.3 is 0 Å². The van der Waals surface area contributed by atoms with E-state index in [0.29, 0.717) is 19.3 Å². The van der Waals surface area contributed by atoms with Crippen LogP contribution in [0.5, 0.6) is 0 Å². The zero-order valence-corrected chi connectivity index (χ0v) is 12.3. The Labute approximate surface area is 125 Å². The van der Waals surface area contributed by atoms with Crippen molar-refractivity contribution in [2.24, 2.45) is 0 Å². The van der Waals surface area contributed by atoms with Crippen LogP contribution in [0.3, 0.4) is 0 Å². The molecule has 0 aliphatic rings. The van der Waals surface area contributed by atoms with Gasteiger partial charge in [0.1, 0.15) is 11.7 Å². The molecule has 0 aliphatic carbocycles. The number of hydrogen-bond acceptors (Lipinski definition) is 2. The maximum atomic E-state index is 12.7. The number of Topliss-reactive ketones (excluding diaryl/α,β-unsaturated/α-hetero) is 1. The van der Waals surface area contributed by atoms with Crippen LogP contribution in [0.15, 0.2) is 60.7 Å². The largest absolute Gasteiger partial charge is 0.302 e. The van der Waals surface area contributed by atoms with E-state index in [0.717, 1.165) is 17.4 Å². The Hall–Kier alpha value is -2.22. The summed E-state index contributed by atoms with van der Waals surface area (Å²) < 4.78 is 0. The molecule has 2 aromatic rings. The Morgan fingerprint density at radius 2 is 1.57 bits per heavy atom. The van der Waals surface area contributed by atoms with Crippen LogP contribution in [0.2, 0.25) is 0 Å². The first-order valence-corrected chi connectivity index (χ1v) is 7.32. The first-order valence-electron chi connectivity index (χ1n) is 7.32. The van der Waals surface area contributed by atoms with E-state index >= 15 is 0 Å². The fourth-order valence-electron chi connectivity index (χ4n) is 2.64. The van der Waals surface area contributed by atoms with Crippen LogP contribution in [0.4, 0.5) is 0 Å². The number of benzene rings is 2. The summed E-state index contributed by atoms with van der Waals surface area (Å²) in [7, 11) is 0. The molecule has 21 heavy (non-hydrogen) atoms. The van der Waals surface area contributed by atoms with E-state index in [1.54, 1.807) is 0 Å². The monoisotopic (exact) mass is 280 g/mol. The van der Waals surface area contributed by atoms with Crippen molar-refractivity contribution in [2.45, 2.75) is 31.6 Å². The number of hydrogen-bond donors (Lipinski definition) is 0. The fourth-order valence-corrected chi connectivity index (χ4v) is 2.64. The fraction of sp³-hybridized carbons (Fsp3) is 0.263. The molecule has 2 heteroatoms. The number of aldehydes is 1. The van der Waals surface area contributed by atoms with Crippen molar-refractivity contribution in [3.63, 3.8) is 0 Å². The van der Waals surface area contributed by atoms with Crippen molar-refractivity contribution in [2.75, 3.05) is 0 Å². The Morgan fingerprint density at radius 1 is 1.00 bits per heavy atom. The molecule has 2 aromatic carbocycles. The minimum atomic E-state index is -1.00. The maximum absolute atomic E-state index is 12.7. The van der Waals surface area contributed by atoms with Gasteiger partial charge in [0, 0.05) is 6.42 Å². The van der Waals surface area contributed by atoms with Gasteiger partial charge in [0.25, 0.3) is 0 Å². The smallest absolute Gasteiger partial charge is 0.150 e. The maximum Gasteiger partial charge on any atom is 0.150 e. The van der Waals surface area contributed by atoms with Gasteiger partial charge in [0.15, 0.2) is 5.78 Å². The highest BCUT2D eigenvalue weighted by Crippen LogP contribution is 2.28. The molecular formula is C19H20O2. The average Bonchev–Trinajstić information content (AvgIpc) is 2.56. The minimum absolute atomic E-state index is 0.00458. The molecule has 2 nitrogen and oxygen atoms in total. The summed E-state index contributed by atoms with van der Waals surface area (Å²) in [6.07, 6.45) is 2.36. The average molecular weight is 280 g/mol. The highest BCUT2D eigenvalue weighted by Gasteiger charge is 2.37. The Balaban J connectivity index is 2.18. The third kappa shape index (κ3) is 3.27. The van der Waals surface area contributed by atoms with Crippen LogP contribution in [0.25, 0.3) is 0 Å². The Bertz CT molecular complexity index is 589. The molecule has 0 radical (unpaired) electrons. The summed E-state index contributed by atoms with van der Waals surface area (Å²) >= 11 is 0. The van der Waals surface area contributed by atoms with Crippen molar-refractivity contribution in [3.05, 3.63) is 71.8 Å². The topological polar surface area (TPSA) is 34.1 Å². The van der Waals surface area contributed by atoms with Gasteiger partial charge in [-0.15, -0.1) is 0 Å². The third-order valence-corrected chi connectivity index (χ3v) is 4.03. The van der Waals surface area contributed by atoms with Crippen LogP contribution < -0.4 is 0 Å². The first kappa shape index (κ1) is 15.2. The molecule has 0 saturated heterocycles. The highest BCUT2D eigenvalue weighted by molar-refractivity contribution is 6.04. The van der Waals surface area contributed by atoms with E-state index in [4.69, 9.17) is 0 Å². The first-order chi connectivity index (χ1) is 10.2. The molecule has 0 heterocycles. The zero-order chi connectivity index (χ0) is 15.1. The molecule has 1 unspecified atom stereocenters. The van der Waals surface area contributed by atoms with Gasteiger partial charge in [-0.2, -0.15) is 0 Å². The van der Waals surface area contributed by atoms with Gasteiger partial charge in [0.05, 0.1) is 0 Å². The molecule has 0 saturated carbocycles. The standard InChI is InChI=1S/C19H20O2/c1-2-19(15-20,17-11-7-4-8-12-17)18(21)14-13-16-9-5-3-6-10-16/h3-12,15H,2,13-14H2,1H3. The summed E-state index contributed by atoms with van der Waals surface area (Å²) in [6, 6.07) is 19.2. The van der Waals surface area contributed by atoms with Crippen LogP contribution >= 0.6 is 0 Å². The van der Waals surface area contributed by atoms with E-state index in [9.17, 15) is 9.59 Å². The number of carbonyl (C=O) groups excluding carboxylic acids is 2. The van der Waals surface area contributed by atoms with Gasteiger partial charge in [0.2, 0.25) is 0 Å². The van der Waals surface area contributed by atoms with Crippen molar-refractivity contribution >= 4 is 12.1 Å². The predicted molar refractivity (Wildman–Crippen MR) is 84.2 cm³/mol. The van der Waals surface area contributed by atoms with E-state index in [2.05, 4.69) is 0 Å². The summed E-state index contributed by atoms with van der Waals surface area (Å²) in [6.45, 7) is 1.89. The second-order valence-electron chi connectivity index (χ2n) is 5.22. The summed E-state index contributed by atoms with van der Waals surface area (Å²) in [5.74, 6) is -0.00458. The van der Waals surface area contributed by atoms with Crippen molar-refractivity contribution in [1.29, 1.82) is 0 Å². The van der Waals surface area contributed by atoms with E-state index < -0.39 is 5.41 Å². The van der Waals surface area contributed by atoms with Crippen LogP contribution in [-0.2, 0) is 21.4 Å². The van der Waals surface area contributed by atoms with E-state index in [1.807, 2.05) is 67.6 Å². The van der Waals surface area contributed by atoms with Crippen LogP contribution in [0.1, 0.15) is 30.9 Å². The second-order valence-corrected chi connectivity index (χ2v) is 5.22. The van der Waals surface area contributed by atoms with Crippen molar-refractivity contribution in [3.8, 4) is 0 Å².